The zero-order valence-corrected chi connectivity index (χ0v) is 20.1. The summed E-state index contributed by atoms with van der Waals surface area (Å²) in [5.74, 6) is 1.47. The second-order valence-corrected chi connectivity index (χ2v) is 8.40. The van der Waals surface area contributed by atoms with Gasteiger partial charge in [0.25, 0.3) is 0 Å². The predicted molar refractivity (Wildman–Crippen MR) is 145 cm³/mol. The van der Waals surface area contributed by atoms with Crippen LogP contribution < -0.4 is 15.4 Å². The van der Waals surface area contributed by atoms with E-state index in [2.05, 4.69) is 63.1 Å². The topological polar surface area (TPSA) is 68.3 Å². The van der Waals surface area contributed by atoms with Gasteiger partial charge in [-0.15, -0.1) is 0 Å². The van der Waals surface area contributed by atoms with Crippen molar-refractivity contribution in [1.29, 1.82) is 0 Å². The number of nitrogens with one attached hydrogen (secondary N) is 2. The Balaban J connectivity index is 1.31. The van der Waals surface area contributed by atoms with Crippen LogP contribution in [0.2, 0.25) is 0 Å². The first kappa shape index (κ1) is 23.5. The van der Waals surface area contributed by atoms with E-state index < -0.39 is 0 Å². The summed E-state index contributed by atoms with van der Waals surface area (Å²) in [6.07, 6.45) is 5.26. The molecule has 0 fully saturated rings. The summed E-state index contributed by atoms with van der Waals surface area (Å²) in [6, 6.07) is 28.6. The van der Waals surface area contributed by atoms with E-state index in [4.69, 9.17) is 9.47 Å². The number of hydrogen-bond acceptors (Lipinski definition) is 6. The van der Waals surface area contributed by atoms with Crippen molar-refractivity contribution in [3.05, 3.63) is 109 Å². The Hall–Kier alpha value is -4.26. The van der Waals surface area contributed by atoms with Crippen LogP contribution in [0.15, 0.2) is 104 Å². The number of pyridine rings is 2. The number of benzene rings is 3. The second-order valence-electron chi connectivity index (χ2n) is 8.40. The molecule has 36 heavy (non-hydrogen) atoms. The van der Waals surface area contributed by atoms with Crippen molar-refractivity contribution in [3.63, 3.8) is 0 Å². The zero-order chi connectivity index (χ0) is 24.6. The Morgan fingerprint density at radius 2 is 1.69 bits per heavy atom. The van der Waals surface area contributed by atoms with Gasteiger partial charge in [-0.05, 0) is 71.3 Å². The molecule has 0 aliphatic heterocycles. The largest absolute Gasteiger partial charge is 0.456 e. The standard InChI is InChI=1S/C30H28N4O2/c1-35-17-16-32-20-22-4-2-5-23(18-22)24-7-12-28-29(13-15-33-30(28)19-24)34-25-8-10-26(11-9-25)36-27-6-3-14-31-21-27/h2-15,18-19,21,32H,16-17,20H2,1H3,(H,33,34). The number of hydrogen-bond donors (Lipinski definition) is 2. The maximum Gasteiger partial charge on any atom is 0.145 e. The van der Waals surface area contributed by atoms with Crippen LogP contribution in [0.4, 0.5) is 11.4 Å². The van der Waals surface area contributed by atoms with Gasteiger partial charge in [-0.25, -0.2) is 0 Å². The van der Waals surface area contributed by atoms with Crippen molar-refractivity contribution in [1.82, 2.24) is 15.3 Å². The van der Waals surface area contributed by atoms with E-state index in [-0.39, 0.29) is 0 Å². The number of fused-ring (bicyclic) bond motifs is 1. The molecule has 0 radical (unpaired) electrons. The molecule has 0 saturated heterocycles. The van der Waals surface area contributed by atoms with Crippen LogP contribution in [-0.2, 0) is 11.3 Å². The highest BCUT2D eigenvalue weighted by molar-refractivity contribution is 5.95. The molecule has 0 atom stereocenters. The Kier molecular flexibility index (Phi) is 7.46. The zero-order valence-electron chi connectivity index (χ0n) is 20.1. The monoisotopic (exact) mass is 476 g/mol. The van der Waals surface area contributed by atoms with E-state index in [0.717, 1.165) is 46.7 Å². The van der Waals surface area contributed by atoms with Crippen molar-refractivity contribution in [2.24, 2.45) is 0 Å². The lowest BCUT2D eigenvalue weighted by Crippen LogP contribution is -2.18. The molecule has 0 aliphatic rings. The molecule has 6 nitrogen and oxygen atoms in total. The van der Waals surface area contributed by atoms with Crippen LogP contribution in [-0.4, -0.2) is 30.2 Å². The molecule has 0 saturated carbocycles. The van der Waals surface area contributed by atoms with Gasteiger partial charge in [0, 0.05) is 49.4 Å². The highest BCUT2D eigenvalue weighted by Gasteiger charge is 2.07. The Morgan fingerprint density at radius 3 is 2.53 bits per heavy atom. The normalized spacial score (nSPS) is 10.9. The van der Waals surface area contributed by atoms with E-state index in [0.29, 0.717) is 12.4 Å². The third-order valence-electron chi connectivity index (χ3n) is 5.82. The average Bonchev–Trinajstić information content (AvgIpc) is 2.93. The fourth-order valence-electron chi connectivity index (χ4n) is 4.01. The molecule has 0 unspecified atom stereocenters. The smallest absolute Gasteiger partial charge is 0.145 e. The molecule has 180 valence electrons. The van der Waals surface area contributed by atoms with Gasteiger partial charge in [0.2, 0.25) is 0 Å². The van der Waals surface area contributed by atoms with Crippen LogP contribution in [0.25, 0.3) is 22.0 Å². The number of rotatable bonds is 10. The first-order valence-corrected chi connectivity index (χ1v) is 11.9. The number of aromatic nitrogens is 2. The van der Waals surface area contributed by atoms with Gasteiger partial charge in [-0.3, -0.25) is 9.97 Å². The molecule has 2 aromatic heterocycles. The Morgan fingerprint density at radius 1 is 0.806 bits per heavy atom. The summed E-state index contributed by atoms with van der Waals surface area (Å²) in [4.78, 5) is 8.71. The summed E-state index contributed by atoms with van der Waals surface area (Å²) < 4.78 is 10.9. The fourth-order valence-corrected chi connectivity index (χ4v) is 4.01. The third-order valence-corrected chi connectivity index (χ3v) is 5.82. The van der Waals surface area contributed by atoms with Crippen LogP contribution in [0.5, 0.6) is 11.5 Å². The van der Waals surface area contributed by atoms with Crippen molar-refractivity contribution in [2.45, 2.75) is 6.54 Å². The van der Waals surface area contributed by atoms with Crippen LogP contribution in [0, 0.1) is 0 Å². The molecule has 3 aromatic carbocycles. The number of ether oxygens (including phenoxy) is 2. The lowest BCUT2D eigenvalue weighted by Gasteiger charge is -2.12. The molecule has 6 heteroatoms. The maximum absolute atomic E-state index is 5.84. The molecular formula is C30H28N4O2. The van der Waals surface area contributed by atoms with Gasteiger partial charge in [-0.1, -0.05) is 30.3 Å². The second kappa shape index (κ2) is 11.4. The van der Waals surface area contributed by atoms with Gasteiger partial charge in [0.05, 0.1) is 18.3 Å². The highest BCUT2D eigenvalue weighted by Crippen LogP contribution is 2.30. The minimum atomic E-state index is 0.704. The van der Waals surface area contributed by atoms with E-state index in [1.807, 2.05) is 48.7 Å². The fraction of sp³-hybridized carbons (Fsp3) is 0.133. The summed E-state index contributed by atoms with van der Waals surface area (Å²) in [7, 11) is 1.72. The quantitative estimate of drug-likeness (QED) is 0.222. The first-order chi connectivity index (χ1) is 17.8. The van der Waals surface area contributed by atoms with Gasteiger partial charge < -0.3 is 20.1 Å². The van der Waals surface area contributed by atoms with E-state index in [1.165, 1.54) is 11.1 Å². The molecule has 2 N–H and O–H groups in total. The van der Waals surface area contributed by atoms with Gasteiger partial charge >= 0.3 is 0 Å². The first-order valence-electron chi connectivity index (χ1n) is 11.9. The molecule has 0 amide bonds. The average molecular weight is 477 g/mol. The molecule has 0 aliphatic carbocycles. The summed E-state index contributed by atoms with van der Waals surface area (Å²) >= 11 is 0. The molecule has 0 spiro atoms. The van der Waals surface area contributed by atoms with E-state index >= 15 is 0 Å². The van der Waals surface area contributed by atoms with Gasteiger partial charge in [0.1, 0.15) is 11.5 Å². The highest BCUT2D eigenvalue weighted by atomic mass is 16.5. The molecule has 0 bridgehead atoms. The van der Waals surface area contributed by atoms with Crippen molar-refractivity contribution in [2.75, 3.05) is 25.6 Å². The SMILES string of the molecule is COCCNCc1cccc(-c2ccc3c(Nc4ccc(Oc5cccnc5)cc4)ccnc3c2)c1. The molecule has 5 aromatic rings. The van der Waals surface area contributed by atoms with Crippen molar-refractivity contribution >= 4 is 22.3 Å². The third kappa shape index (κ3) is 5.86. The predicted octanol–water partition coefficient (Wildman–Crippen LogP) is 6.57. The summed E-state index contributed by atoms with van der Waals surface area (Å²) in [5, 5.41) is 7.98. The van der Waals surface area contributed by atoms with E-state index in [1.54, 1.807) is 19.5 Å². The van der Waals surface area contributed by atoms with E-state index in [9.17, 15) is 0 Å². The summed E-state index contributed by atoms with van der Waals surface area (Å²) in [5.41, 5.74) is 6.47. The lowest BCUT2D eigenvalue weighted by atomic mass is 10.0. The van der Waals surface area contributed by atoms with Crippen molar-refractivity contribution in [3.8, 4) is 22.6 Å². The lowest BCUT2D eigenvalue weighted by molar-refractivity contribution is 0.199. The number of methoxy groups -OCH3 is 1. The van der Waals surface area contributed by atoms with Crippen LogP contribution in [0.1, 0.15) is 5.56 Å². The number of nitrogens with zero attached hydrogens (tertiary/aromatic N) is 2. The number of anilines is 2. The minimum Gasteiger partial charge on any atom is -0.456 e. The van der Waals surface area contributed by atoms with Crippen LogP contribution >= 0.6 is 0 Å². The van der Waals surface area contributed by atoms with Crippen molar-refractivity contribution < 1.29 is 9.47 Å². The molecular weight excluding hydrogens is 448 g/mol. The Labute approximate surface area is 211 Å². The minimum absolute atomic E-state index is 0.704. The van der Waals surface area contributed by atoms with Crippen LogP contribution in [0.3, 0.4) is 0 Å². The summed E-state index contributed by atoms with van der Waals surface area (Å²) in [6.45, 7) is 2.34. The molecule has 2 heterocycles. The maximum atomic E-state index is 5.84. The molecule has 5 rings (SSSR count). The Bertz CT molecular complexity index is 1420. The van der Waals surface area contributed by atoms with Gasteiger partial charge in [0.15, 0.2) is 0 Å². The van der Waals surface area contributed by atoms with Gasteiger partial charge in [-0.2, -0.15) is 0 Å².